The van der Waals surface area contributed by atoms with E-state index in [2.05, 4.69) is 0 Å². The number of hydrogen-bond donors (Lipinski definition) is 1. The second-order valence-corrected chi connectivity index (χ2v) is 14.4. The predicted octanol–water partition coefficient (Wildman–Crippen LogP) is 2.23. The van der Waals surface area contributed by atoms with Gasteiger partial charge in [0.1, 0.15) is 6.10 Å². The first-order valence-corrected chi connectivity index (χ1v) is 14.4. The van der Waals surface area contributed by atoms with Crippen molar-refractivity contribution in [2.45, 2.75) is 70.6 Å². The van der Waals surface area contributed by atoms with Crippen LogP contribution in [0, 0.1) is 5.92 Å². The van der Waals surface area contributed by atoms with Gasteiger partial charge in [0.15, 0.2) is 5.79 Å². The number of rotatable bonds is 9. The molecule has 7 nitrogen and oxygen atoms in total. The summed E-state index contributed by atoms with van der Waals surface area (Å²) in [6.45, 7) is 12.0. The van der Waals surface area contributed by atoms with Crippen LogP contribution in [0.1, 0.15) is 20.3 Å². The SMILES string of the molecule is CCC1C(CO[Si](C)(C)OC)OC(C)(OC)C(O[Si](C)(C)OC)C1O. The van der Waals surface area contributed by atoms with Crippen molar-refractivity contribution in [1.82, 2.24) is 0 Å². The second-order valence-electron chi connectivity index (χ2n) is 7.50. The fourth-order valence-electron chi connectivity index (χ4n) is 2.91. The summed E-state index contributed by atoms with van der Waals surface area (Å²) in [5, 5.41) is 11.0. The molecule has 5 unspecified atom stereocenters. The lowest BCUT2D eigenvalue weighted by atomic mass is 9.84. The predicted molar refractivity (Wildman–Crippen MR) is 99.9 cm³/mol. The molecule has 0 amide bonds. The van der Waals surface area contributed by atoms with Crippen LogP contribution >= 0.6 is 0 Å². The molecular weight excluding hydrogens is 360 g/mol. The molecule has 1 saturated heterocycles. The topological polar surface area (TPSA) is 75.6 Å². The lowest BCUT2D eigenvalue weighted by molar-refractivity contribution is -0.339. The van der Waals surface area contributed by atoms with Crippen molar-refractivity contribution in [2.24, 2.45) is 5.92 Å². The monoisotopic (exact) mass is 396 g/mol. The third kappa shape index (κ3) is 5.81. The molecular formula is C16H36O7Si2. The number of aliphatic hydroxyl groups excluding tert-OH is 1. The van der Waals surface area contributed by atoms with Gasteiger partial charge in [-0.3, -0.25) is 0 Å². The number of hydrogen-bond acceptors (Lipinski definition) is 7. The van der Waals surface area contributed by atoms with Gasteiger partial charge in [0.25, 0.3) is 0 Å². The Balaban J connectivity index is 3.01. The van der Waals surface area contributed by atoms with E-state index in [0.29, 0.717) is 6.61 Å². The van der Waals surface area contributed by atoms with Crippen molar-refractivity contribution in [1.29, 1.82) is 0 Å². The maximum atomic E-state index is 11.0. The van der Waals surface area contributed by atoms with Crippen molar-refractivity contribution < 1.29 is 32.3 Å². The molecule has 1 aliphatic heterocycles. The van der Waals surface area contributed by atoms with Gasteiger partial charge in [-0.1, -0.05) is 6.92 Å². The highest BCUT2D eigenvalue weighted by Crippen LogP contribution is 2.38. The van der Waals surface area contributed by atoms with Crippen LogP contribution in [0.2, 0.25) is 26.2 Å². The Morgan fingerprint density at radius 2 is 1.60 bits per heavy atom. The molecule has 25 heavy (non-hydrogen) atoms. The lowest BCUT2D eigenvalue weighted by Gasteiger charge is -2.51. The van der Waals surface area contributed by atoms with Crippen LogP contribution in [-0.4, -0.2) is 74.3 Å². The van der Waals surface area contributed by atoms with Gasteiger partial charge >= 0.3 is 17.1 Å². The van der Waals surface area contributed by atoms with Crippen LogP contribution in [0.25, 0.3) is 0 Å². The molecule has 0 spiro atoms. The van der Waals surface area contributed by atoms with E-state index < -0.39 is 35.1 Å². The van der Waals surface area contributed by atoms with Crippen molar-refractivity contribution in [3.63, 3.8) is 0 Å². The summed E-state index contributed by atoms with van der Waals surface area (Å²) in [6.07, 6.45) is -0.947. The van der Waals surface area contributed by atoms with Crippen LogP contribution in [0.3, 0.4) is 0 Å². The smallest absolute Gasteiger partial charge is 0.331 e. The van der Waals surface area contributed by atoms with E-state index in [4.69, 9.17) is 27.2 Å². The standard InChI is InChI=1S/C16H36O7Si2/c1-10-12-13(11-21-24(6,7)19-4)22-16(2,18-3)15(14(12)17)23-25(8,9)20-5/h12-15,17H,10-11H2,1-9H3. The number of methoxy groups -OCH3 is 1. The van der Waals surface area contributed by atoms with Gasteiger partial charge in [-0.2, -0.15) is 0 Å². The van der Waals surface area contributed by atoms with Crippen LogP contribution < -0.4 is 0 Å². The maximum absolute atomic E-state index is 11.0. The van der Waals surface area contributed by atoms with Crippen LogP contribution in [0.4, 0.5) is 0 Å². The lowest BCUT2D eigenvalue weighted by Crippen LogP contribution is -2.65. The molecule has 0 saturated carbocycles. The Morgan fingerprint density at radius 3 is 2.04 bits per heavy atom. The fourth-order valence-corrected chi connectivity index (χ4v) is 4.65. The van der Waals surface area contributed by atoms with E-state index in [1.165, 1.54) is 0 Å². The Labute approximate surface area is 154 Å². The molecule has 1 aliphatic rings. The summed E-state index contributed by atoms with van der Waals surface area (Å²) < 4.78 is 34.9. The van der Waals surface area contributed by atoms with Crippen LogP contribution in [0.5, 0.6) is 0 Å². The molecule has 1 fully saturated rings. The number of aliphatic hydroxyl groups is 1. The van der Waals surface area contributed by atoms with Gasteiger partial charge in [0, 0.05) is 27.2 Å². The fraction of sp³-hybridized carbons (Fsp3) is 1.00. The van der Waals surface area contributed by atoms with Gasteiger partial charge in [-0.05, 0) is 39.5 Å². The largest absolute Gasteiger partial charge is 0.398 e. The zero-order chi connectivity index (χ0) is 19.5. The van der Waals surface area contributed by atoms with E-state index in [0.717, 1.165) is 6.42 Å². The molecule has 150 valence electrons. The molecule has 1 heterocycles. The quantitative estimate of drug-likeness (QED) is 0.599. The molecule has 0 aliphatic carbocycles. The van der Waals surface area contributed by atoms with Gasteiger partial charge in [0.05, 0.1) is 18.8 Å². The molecule has 0 radical (unpaired) electrons. The third-order valence-corrected chi connectivity index (χ3v) is 8.64. The summed E-state index contributed by atoms with van der Waals surface area (Å²) in [4.78, 5) is 0. The minimum Gasteiger partial charge on any atom is -0.398 e. The summed E-state index contributed by atoms with van der Waals surface area (Å²) >= 11 is 0. The Hall–Kier alpha value is 0.154. The average molecular weight is 397 g/mol. The zero-order valence-corrected chi connectivity index (χ0v) is 19.1. The van der Waals surface area contributed by atoms with E-state index >= 15 is 0 Å². The van der Waals surface area contributed by atoms with E-state index in [1.54, 1.807) is 28.3 Å². The molecule has 9 heteroatoms. The van der Waals surface area contributed by atoms with Crippen LogP contribution in [-0.2, 0) is 27.2 Å². The van der Waals surface area contributed by atoms with Crippen molar-refractivity contribution in [3.05, 3.63) is 0 Å². The summed E-state index contributed by atoms with van der Waals surface area (Å²) in [5.41, 5.74) is 0. The highest BCUT2D eigenvalue weighted by Gasteiger charge is 2.54. The molecule has 0 aromatic heterocycles. The van der Waals surface area contributed by atoms with Gasteiger partial charge in [-0.15, -0.1) is 0 Å². The normalized spacial score (nSPS) is 34.3. The first-order valence-electron chi connectivity index (χ1n) is 8.78. The minimum atomic E-state index is -2.39. The van der Waals surface area contributed by atoms with E-state index in [1.807, 2.05) is 33.1 Å². The highest BCUT2D eigenvalue weighted by molar-refractivity contribution is 6.64. The van der Waals surface area contributed by atoms with Crippen molar-refractivity contribution in [3.8, 4) is 0 Å². The van der Waals surface area contributed by atoms with Crippen LogP contribution in [0.15, 0.2) is 0 Å². The summed E-state index contributed by atoms with van der Waals surface area (Å²) in [5.74, 6) is -1.21. The molecule has 1 rings (SSSR count). The summed E-state index contributed by atoms with van der Waals surface area (Å²) in [7, 11) is 0.250. The molecule has 1 N–H and O–H groups in total. The van der Waals surface area contributed by atoms with Crippen molar-refractivity contribution in [2.75, 3.05) is 27.9 Å². The Kier molecular flexibility index (Phi) is 8.25. The third-order valence-electron chi connectivity index (χ3n) is 4.99. The van der Waals surface area contributed by atoms with Gasteiger partial charge in [0.2, 0.25) is 0 Å². The van der Waals surface area contributed by atoms with E-state index in [-0.39, 0.29) is 12.0 Å². The minimum absolute atomic E-state index is 0.128. The maximum Gasteiger partial charge on any atom is 0.331 e. The first kappa shape index (κ1) is 23.2. The number of ether oxygens (including phenoxy) is 2. The van der Waals surface area contributed by atoms with Gasteiger partial charge < -0.3 is 32.3 Å². The summed E-state index contributed by atoms with van der Waals surface area (Å²) in [6, 6.07) is 0. The van der Waals surface area contributed by atoms with E-state index in [9.17, 15) is 5.11 Å². The van der Waals surface area contributed by atoms with Crippen molar-refractivity contribution >= 4 is 17.1 Å². The molecule has 5 atom stereocenters. The molecule has 0 aromatic carbocycles. The highest BCUT2D eigenvalue weighted by atomic mass is 28.4. The zero-order valence-electron chi connectivity index (χ0n) is 17.1. The Bertz CT molecular complexity index is 419. The molecule has 0 bridgehead atoms. The van der Waals surface area contributed by atoms with Gasteiger partial charge in [-0.25, -0.2) is 0 Å². The first-order chi connectivity index (χ1) is 11.4. The Morgan fingerprint density at radius 1 is 1.04 bits per heavy atom. The second kappa shape index (κ2) is 8.90. The average Bonchev–Trinajstić information content (AvgIpc) is 2.57. The molecule has 0 aromatic rings.